The summed E-state index contributed by atoms with van der Waals surface area (Å²) in [7, 11) is 0. The van der Waals surface area contributed by atoms with Gasteiger partial charge >= 0.3 is 35.8 Å². The zero-order valence-corrected chi connectivity index (χ0v) is 17.5. The zero-order valence-electron chi connectivity index (χ0n) is 17.5. The van der Waals surface area contributed by atoms with Crippen molar-refractivity contribution in [1.29, 1.82) is 0 Å². The van der Waals surface area contributed by atoms with Gasteiger partial charge in [-0.1, -0.05) is 0 Å². The number of carbonyl (C=O) groups excluding carboxylic acids is 1. The molecule has 0 aliphatic rings. The normalized spacial score (nSPS) is 9.58. The van der Waals surface area contributed by atoms with Crippen LogP contribution in [0.15, 0.2) is 0 Å². The van der Waals surface area contributed by atoms with Crippen LogP contribution in [0.5, 0.6) is 0 Å². The Hall–Kier alpha value is -3.83. The van der Waals surface area contributed by atoms with E-state index in [1.54, 1.807) is 0 Å². The molecule has 0 aliphatic carbocycles. The summed E-state index contributed by atoms with van der Waals surface area (Å²) in [4.78, 5) is 72.3. The number of carboxylic acids is 6. The smallest absolute Gasteiger partial charge is 0.322 e. The number of hydrogen-bond acceptors (Lipinski definition) is 10. The van der Waals surface area contributed by atoms with Gasteiger partial charge in [0.05, 0.1) is 39.3 Å². The van der Waals surface area contributed by atoms with E-state index in [0.717, 1.165) is 9.80 Å². The summed E-state index contributed by atoms with van der Waals surface area (Å²) in [5.74, 6) is -7.35. The third kappa shape index (κ3) is 33.0. The molecule has 0 bridgehead atoms. The van der Waals surface area contributed by atoms with Crippen molar-refractivity contribution >= 4 is 41.7 Å². The molecule has 0 radical (unpaired) electrons. The van der Waals surface area contributed by atoms with Crippen molar-refractivity contribution < 1.29 is 69.3 Å². The van der Waals surface area contributed by atoms with Gasteiger partial charge in [-0.05, 0) is 0 Å². The second-order valence-corrected chi connectivity index (χ2v) is 5.85. The Morgan fingerprint density at radius 3 is 1.06 bits per heavy atom. The first kappa shape index (κ1) is 33.8. The Labute approximate surface area is 186 Å². The van der Waals surface area contributed by atoms with Crippen molar-refractivity contribution in [3.8, 4) is 0 Å². The van der Waals surface area contributed by atoms with Crippen LogP contribution in [-0.2, 0) is 33.6 Å². The van der Waals surface area contributed by atoms with Crippen LogP contribution < -0.4 is 5.32 Å². The van der Waals surface area contributed by atoms with E-state index in [9.17, 15) is 33.6 Å². The molecule has 0 aliphatic heterocycles. The van der Waals surface area contributed by atoms with Crippen LogP contribution in [-0.4, -0.2) is 140 Å². The fraction of sp³-hybridized carbons (Fsp3) is 0.562. The molecule has 0 saturated heterocycles. The minimum absolute atomic E-state index is 0.0542. The van der Waals surface area contributed by atoms with Crippen molar-refractivity contribution in [3.63, 3.8) is 0 Å². The largest absolute Gasteiger partial charge is 0.480 e. The van der Waals surface area contributed by atoms with Gasteiger partial charge in [0, 0.05) is 13.5 Å². The second kappa shape index (κ2) is 20.1. The lowest BCUT2D eigenvalue weighted by atomic mass is 10.4. The van der Waals surface area contributed by atoms with Gasteiger partial charge in [0.1, 0.15) is 6.54 Å². The third-order valence-electron chi connectivity index (χ3n) is 2.70. The molecule has 8 N–H and O–H groups in total. The molecular weight excluding hydrogens is 458 g/mol. The molecule has 1 amide bonds. The monoisotopic (exact) mass is 485 g/mol. The summed E-state index contributed by atoms with van der Waals surface area (Å²) in [6, 6.07) is 0. The van der Waals surface area contributed by atoms with Gasteiger partial charge in [0.2, 0.25) is 5.91 Å². The number of aliphatic hydroxyl groups excluding tert-OH is 1. The molecule has 0 aromatic carbocycles. The van der Waals surface area contributed by atoms with Crippen molar-refractivity contribution in [2.45, 2.75) is 6.92 Å². The van der Waals surface area contributed by atoms with Crippen LogP contribution in [0, 0.1) is 0 Å². The average molecular weight is 485 g/mol. The quantitative estimate of drug-likeness (QED) is 0.117. The van der Waals surface area contributed by atoms with Gasteiger partial charge in [-0.2, -0.15) is 0 Å². The first-order valence-electron chi connectivity index (χ1n) is 8.71. The lowest BCUT2D eigenvalue weighted by Crippen LogP contribution is -2.38. The zero-order chi connectivity index (χ0) is 26.6. The van der Waals surface area contributed by atoms with Crippen LogP contribution in [0.3, 0.4) is 0 Å². The van der Waals surface area contributed by atoms with Crippen LogP contribution in [0.4, 0.5) is 0 Å². The van der Waals surface area contributed by atoms with Crippen LogP contribution in [0.25, 0.3) is 0 Å². The standard InChI is InChI=1S/C6H9NO6.C6H11NO5.C4H7NO3/c8-4(9)1-7(2-5(10)11)3-6(12)13;8-2-1-7(3-5(9)10)4-6(11)12;1-3(6)5-2-4(7)8/h1-3H2,(H,8,9)(H,10,11)(H,12,13);8H,1-4H2,(H,9,10)(H,11,12);2H2,1H3,(H,5,6)(H,7,8). The van der Waals surface area contributed by atoms with Crippen molar-refractivity contribution in [2.24, 2.45) is 0 Å². The molecule has 0 unspecified atom stereocenters. The number of nitrogens with zero attached hydrogens (tertiary/aromatic N) is 2. The maximum Gasteiger partial charge on any atom is 0.322 e. The van der Waals surface area contributed by atoms with Crippen LogP contribution in [0.2, 0.25) is 0 Å². The van der Waals surface area contributed by atoms with E-state index < -0.39 is 55.5 Å². The Kier molecular flexibility index (Phi) is 20.6. The fourth-order valence-electron chi connectivity index (χ4n) is 1.68. The first-order valence-corrected chi connectivity index (χ1v) is 8.71. The summed E-state index contributed by atoms with van der Waals surface area (Å²) in [6.07, 6.45) is 0. The van der Waals surface area contributed by atoms with E-state index in [2.05, 4.69) is 5.32 Å². The predicted molar refractivity (Wildman–Crippen MR) is 104 cm³/mol. The Balaban J connectivity index is -0.000000421. The molecule has 0 saturated carbocycles. The maximum absolute atomic E-state index is 10.1. The lowest BCUT2D eigenvalue weighted by Gasteiger charge is -2.15. The molecule has 0 rings (SSSR count). The highest BCUT2D eigenvalue weighted by Gasteiger charge is 2.16. The molecule has 190 valence electrons. The maximum atomic E-state index is 10.1. The second-order valence-electron chi connectivity index (χ2n) is 5.85. The van der Waals surface area contributed by atoms with Crippen LogP contribution >= 0.6 is 0 Å². The molecule has 0 fully saturated rings. The van der Waals surface area contributed by atoms with E-state index >= 15 is 0 Å². The lowest BCUT2D eigenvalue weighted by molar-refractivity contribution is -0.146. The third-order valence-corrected chi connectivity index (χ3v) is 2.70. The number of rotatable bonds is 14. The van der Waals surface area contributed by atoms with E-state index in [4.69, 9.17) is 35.7 Å². The van der Waals surface area contributed by atoms with Crippen LogP contribution in [0.1, 0.15) is 6.92 Å². The van der Waals surface area contributed by atoms with Gasteiger partial charge in [0.25, 0.3) is 0 Å². The fourth-order valence-corrected chi connectivity index (χ4v) is 1.68. The van der Waals surface area contributed by atoms with E-state index in [0.29, 0.717) is 0 Å². The molecular formula is C16H27N3O14. The van der Waals surface area contributed by atoms with Gasteiger partial charge in [-0.3, -0.25) is 43.4 Å². The number of aliphatic hydroxyl groups is 1. The highest BCUT2D eigenvalue weighted by molar-refractivity contribution is 5.79. The molecule has 33 heavy (non-hydrogen) atoms. The van der Waals surface area contributed by atoms with Crippen molar-refractivity contribution in [3.05, 3.63) is 0 Å². The number of nitrogens with one attached hydrogen (secondary N) is 1. The topological polar surface area (TPSA) is 280 Å². The van der Waals surface area contributed by atoms with E-state index in [1.807, 2.05) is 0 Å². The highest BCUT2D eigenvalue weighted by atomic mass is 16.4. The van der Waals surface area contributed by atoms with Gasteiger partial charge in [-0.15, -0.1) is 0 Å². The Morgan fingerprint density at radius 2 is 0.879 bits per heavy atom. The first-order chi connectivity index (χ1) is 15.1. The molecule has 0 aromatic heterocycles. The molecule has 0 spiro atoms. The molecule has 0 aromatic rings. The predicted octanol–water partition coefficient (Wildman–Crippen LogP) is -3.80. The minimum Gasteiger partial charge on any atom is -0.480 e. The van der Waals surface area contributed by atoms with E-state index in [1.165, 1.54) is 6.92 Å². The summed E-state index contributed by atoms with van der Waals surface area (Å²) >= 11 is 0. The number of aliphatic carboxylic acids is 6. The van der Waals surface area contributed by atoms with Gasteiger partial charge < -0.3 is 41.1 Å². The minimum atomic E-state index is -1.26. The summed E-state index contributed by atoms with van der Waals surface area (Å²) in [6.45, 7) is -1.76. The number of carbonyl (C=O) groups is 7. The van der Waals surface area contributed by atoms with Crippen molar-refractivity contribution in [1.82, 2.24) is 15.1 Å². The molecule has 17 heteroatoms. The number of amides is 1. The van der Waals surface area contributed by atoms with Gasteiger partial charge in [0.15, 0.2) is 0 Å². The summed E-state index contributed by atoms with van der Waals surface area (Å²) < 4.78 is 0. The van der Waals surface area contributed by atoms with Gasteiger partial charge in [-0.25, -0.2) is 0 Å². The Bertz CT molecular complexity index is 613. The number of carboxylic acid groups (broad SMARTS) is 6. The summed E-state index contributed by atoms with van der Waals surface area (Å²) in [5.41, 5.74) is 0. The number of hydrogen-bond donors (Lipinski definition) is 8. The molecule has 0 heterocycles. The highest BCUT2D eigenvalue weighted by Crippen LogP contribution is 1.88. The molecule has 17 nitrogen and oxygen atoms in total. The SMILES string of the molecule is CC(=O)NCC(=O)O.O=C(O)CN(CC(=O)O)CC(=O)O.O=C(O)CN(CCO)CC(=O)O. The molecule has 0 atom stereocenters. The summed E-state index contributed by atoms with van der Waals surface area (Å²) in [5, 5.41) is 59.9. The average Bonchev–Trinajstić information content (AvgIpc) is 2.58. The Morgan fingerprint density at radius 1 is 0.576 bits per heavy atom. The van der Waals surface area contributed by atoms with Crippen molar-refractivity contribution in [2.75, 3.05) is 52.4 Å². The van der Waals surface area contributed by atoms with E-state index in [-0.39, 0.29) is 38.7 Å².